The average Bonchev–Trinajstić information content (AvgIpc) is 3.09. The van der Waals surface area contributed by atoms with Crippen LogP contribution in [0.1, 0.15) is 0 Å². The van der Waals surface area contributed by atoms with Crippen molar-refractivity contribution in [3.63, 3.8) is 0 Å². The first-order valence-electron chi connectivity index (χ1n) is 8.11. The lowest BCUT2D eigenvalue weighted by Gasteiger charge is -2.30. The van der Waals surface area contributed by atoms with Crippen LogP contribution in [0.2, 0.25) is 5.15 Å². The molecule has 0 aliphatic carbocycles. The highest BCUT2D eigenvalue weighted by atomic mass is 79.9. The van der Waals surface area contributed by atoms with Crippen LogP contribution in [-0.4, -0.2) is 43.6 Å². The van der Waals surface area contributed by atoms with E-state index >= 15 is 0 Å². The fourth-order valence-corrected chi connectivity index (χ4v) is 5.10. The maximum absolute atomic E-state index is 13.1. The smallest absolute Gasteiger partial charge is 0.269 e. The van der Waals surface area contributed by atoms with Gasteiger partial charge in [-0.05, 0) is 40.2 Å². The molecule has 3 heterocycles. The lowest BCUT2D eigenvalue weighted by atomic mass is 10.2. The molecule has 4 rings (SSSR count). The molecule has 1 saturated heterocycles. The van der Waals surface area contributed by atoms with E-state index in [9.17, 15) is 8.42 Å². The van der Waals surface area contributed by atoms with Gasteiger partial charge in [0.15, 0.2) is 0 Å². The Labute approximate surface area is 165 Å². The number of fused-ring (bicyclic) bond motifs is 1. The van der Waals surface area contributed by atoms with Crippen LogP contribution in [0.4, 0.5) is 5.69 Å². The van der Waals surface area contributed by atoms with Crippen molar-refractivity contribution in [1.29, 1.82) is 0 Å². The maximum Gasteiger partial charge on any atom is 0.269 e. The van der Waals surface area contributed by atoms with Crippen LogP contribution in [-0.2, 0) is 10.0 Å². The first kappa shape index (κ1) is 17.8. The topological polar surface area (TPSA) is 67.2 Å². The zero-order chi connectivity index (χ0) is 18.3. The summed E-state index contributed by atoms with van der Waals surface area (Å²) in [7, 11) is -3.77. The first-order chi connectivity index (χ1) is 12.5. The van der Waals surface area contributed by atoms with Gasteiger partial charge in [-0.2, -0.15) is 0 Å². The molecule has 0 amide bonds. The Hall–Kier alpha value is -1.61. The molecule has 0 unspecified atom stereocenters. The summed E-state index contributed by atoms with van der Waals surface area (Å²) in [4.78, 5) is 6.29. The summed E-state index contributed by atoms with van der Waals surface area (Å²) in [5.74, 6) is 0. The fourth-order valence-electron chi connectivity index (χ4n) is 3.18. The van der Waals surface area contributed by atoms with Gasteiger partial charge in [0.25, 0.3) is 10.0 Å². The second kappa shape index (κ2) is 6.84. The molecule has 3 aromatic rings. The van der Waals surface area contributed by atoms with Crippen LogP contribution in [0.15, 0.2) is 52.1 Å². The molecule has 1 aliphatic rings. The Morgan fingerprint density at radius 2 is 1.96 bits per heavy atom. The van der Waals surface area contributed by atoms with E-state index in [-0.39, 0.29) is 10.0 Å². The standard InChI is InChI=1S/C17H16BrClN4O2S/c18-14-10-12(11-21-17(14)19)26(24,25)23-7-4-13-15(2-1-3-16(13)23)22-8-5-20-6-9-22/h1-4,7,10-11,20H,5-6,8-9H2. The molecule has 9 heteroatoms. The van der Waals surface area contributed by atoms with Crippen molar-refractivity contribution >= 4 is 54.1 Å². The normalized spacial score (nSPS) is 15.5. The molecule has 0 atom stereocenters. The van der Waals surface area contributed by atoms with Crippen molar-refractivity contribution in [2.75, 3.05) is 31.1 Å². The zero-order valence-electron chi connectivity index (χ0n) is 13.7. The lowest BCUT2D eigenvalue weighted by Crippen LogP contribution is -2.43. The summed E-state index contributed by atoms with van der Waals surface area (Å²) in [5.41, 5.74) is 1.69. The minimum Gasteiger partial charge on any atom is -0.368 e. The van der Waals surface area contributed by atoms with Gasteiger partial charge in [-0.3, -0.25) is 0 Å². The quantitative estimate of drug-likeness (QED) is 0.615. The van der Waals surface area contributed by atoms with Crippen LogP contribution in [0.5, 0.6) is 0 Å². The number of aromatic nitrogens is 2. The van der Waals surface area contributed by atoms with Crippen LogP contribution in [0.3, 0.4) is 0 Å². The third kappa shape index (κ3) is 3.00. The molecule has 26 heavy (non-hydrogen) atoms. The van der Waals surface area contributed by atoms with Gasteiger partial charge in [0.1, 0.15) is 10.0 Å². The Bertz CT molecular complexity index is 1080. The number of nitrogens with one attached hydrogen (secondary N) is 1. The maximum atomic E-state index is 13.1. The number of halogens is 2. The molecule has 0 spiro atoms. The van der Waals surface area contributed by atoms with E-state index in [2.05, 4.69) is 31.1 Å². The number of anilines is 1. The van der Waals surface area contributed by atoms with E-state index in [1.807, 2.05) is 24.3 Å². The number of hydrogen-bond acceptors (Lipinski definition) is 5. The van der Waals surface area contributed by atoms with Crippen molar-refractivity contribution in [2.24, 2.45) is 0 Å². The summed E-state index contributed by atoms with van der Waals surface area (Å²) in [6, 6.07) is 9.06. The third-order valence-corrected chi connectivity index (χ3v) is 7.25. The molecule has 1 aliphatic heterocycles. The molecular weight excluding hydrogens is 440 g/mol. The number of nitrogens with zero attached hydrogens (tertiary/aromatic N) is 3. The second-order valence-electron chi connectivity index (χ2n) is 6.01. The Balaban J connectivity index is 1.83. The van der Waals surface area contributed by atoms with Gasteiger partial charge < -0.3 is 10.2 Å². The van der Waals surface area contributed by atoms with Gasteiger partial charge in [0, 0.05) is 49.6 Å². The molecule has 1 fully saturated rings. The number of rotatable bonds is 3. The van der Waals surface area contributed by atoms with Gasteiger partial charge in [0.2, 0.25) is 0 Å². The van der Waals surface area contributed by atoms with Crippen molar-refractivity contribution in [1.82, 2.24) is 14.3 Å². The largest absolute Gasteiger partial charge is 0.368 e. The van der Waals surface area contributed by atoms with E-state index in [1.54, 1.807) is 6.20 Å². The van der Waals surface area contributed by atoms with Crippen molar-refractivity contribution in [2.45, 2.75) is 4.90 Å². The molecule has 136 valence electrons. The minimum absolute atomic E-state index is 0.0823. The number of piperazine rings is 1. The lowest BCUT2D eigenvalue weighted by molar-refractivity contribution is 0.588. The van der Waals surface area contributed by atoms with Gasteiger partial charge >= 0.3 is 0 Å². The van der Waals surface area contributed by atoms with Crippen molar-refractivity contribution in [3.8, 4) is 0 Å². The van der Waals surface area contributed by atoms with Gasteiger partial charge in [-0.25, -0.2) is 17.4 Å². The van der Waals surface area contributed by atoms with Crippen LogP contribution < -0.4 is 10.2 Å². The Kier molecular flexibility index (Phi) is 4.68. The molecule has 1 N–H and O–H groups in total. The summed E-state index contributed by atoms with van der Waals surface area (Å²) in [6.07, 6.45) is 2.86. The van der Waals surface area contributed by atoms with Crippen molar-refractivity contribution < 1.29 is 8.42 Å². The summed E-state index contributed by atoms with van der Waals surface area (Å²) < 4.78 is 27.9. The second-order valence-corrected chi connectivity index (χ2v) is 9.03. The van der Waals surface area contributed by atoms with Gasteiger partial charge in [-0.15, -0.1) is 0 Å². The average molecular weight is 456 g/mol. The van der Waals surface area contributed by atoms with Gasteiger partial charge in [0.05, 0.1) is 9.99 Å². The molecular formula is C17H16BrClN4O2S. The summed E-state index contributed by atoms with van der Waals surface area (Å²) in [6.45, 7) is 3.62. The summed E-state index contributed by atoms with van der Waals surface area (Å²) in [5, 5.41) is 4.47. The predicted octanol–water partition coefficient (Wildman–Crippen LogP) is 3.10. The summed E-state index contributed by atoms with van der Waals surface area (Å²) >= 11 is 9.12. The Morgan fingerprint density at radius 1 is 1.19 bits per heavy atom. The van der Waals surface area contributed by atoms with E-state index in [0.717, 1.165) is 37.3 Å². The van der Waals surface area contributed by atoms with Crippen LogP contribution in [0.25, 0.3) is 10.9 Å². The van der Waals surface area contributed by atoms with Gasteiger partial charge in [-0.1, -0.05) is 17.7 Å². The van der Waals surface area contributed by atoms with E-state index < -0.39 is 10.0 Å². The number of benzene rings is 1. The van der Waals surface area contributed by atoms with E-state index in [1.165, 1.54) is 16.2 Å². The SMILES string of the molecule is O=S(=O)(c1cnc(Cl)c(Br)c1)n1ccc2c(N3CCNCC3)cccc21. The number of pyridine rings is 1. The fraction of sp³-hybridized carbons (Fsp3) is 0.235. The molecule has 0 radical (unpaired) electrons. The highest BCUT2D eigenvalue weighted by Crippen LogP contribution is 2.31. The molecule has 2 aromatic heterocycles. The predicted molar refractivity (Wildman–Crippen MR) is 107 cm³/mol. The van der Waals surface area contributed by atoms with Crippen LogP contribution in [0, 0.1) is 0 Å². The Morgan fingerprint density at radius 3 is 2.69 bits per heavy atom. The molecule has 6 nitrogen and oxygen atoms in total. The zero-order valence-corrected chi connectivity index (χ0v) is 16.9. The van der Waals surface area contributed by atoms with E-state index in [0.29, 0.717) is 9.99 Å². The molecule has 0 bridgehead atoms. The molecule has 1 aromatic carbocycles. The highest BCUT2D eigenvalue weighted by molar-refractivity contribution is 9.10. The minimum atomic E-state index is -3.77. The first-order valence-corrected chi connectivity index (χ1v) is 10.7. The van der Waals surface area contributed by atoms with Crippen LogP contribution >= 0.6 is 27.5 Å². The number of hydrogen-bond donors (Lipinski definition) is 1. The monoisotopic (exact) mass is 454 g/mol. The highest BCUT2D eigenvalue weighted by Gasteiger charge is 2.22. The van der Waals surface area contributed by atoms with Crippen molar-refractivity contribution in [3.05, 3.63) is 52.4 Å². The third-order valence-electron chi connectivity index (χ3n) is 4.46. The molecule has 0 saturated carbocycles. The van der Waals surface area contributed by atoms with E-state index in [4.69, 9.17) is 11.6 Å².